The lowest BCUT2D eigenvalue weighted by molar-refractivity contribution is -0.268. The molecule has 4 aromatic rings. The molecule has 0 atom stereocenters. The van der Waals surface area contributed by atoms with E-state index in [-0.39, 0.29) is 11.7 Å². The van der Waals surface area contributed by atoms with Gasteiger partial charge in [0.25, 0.3) is 0 Å². The minimum Gasteiger partial charge on any atom is -0.872 e. The van der Waals surface area contributed by atoms with Crippen LogP contribution in [0.3, 0.4) is 0 Å². The maximum Gasteiger partial charge on any atom is 0.305 e. The quantitative estimate of drug-likeness (QED) is 0.353. The highest BCUT2D eigenvalue weighted by Crippen LogP contribution is 2.55. The maximum absolute atomic E-state index is 11.6. The van der Waals surface area contributed by atoms with E-state index in [1.54, 1.807) is 12.1 Å². The van der Waals surface area contributed by atoms with E-state index in [1.807, 2.05) is 60.7 Å². The minimum atomic E-state index is -2.05. The average molecular weight is 428 g/mol. The number of esters is 1. The van der Waals surface area contributed by atoms with Crippen molar-refractivity contribution < 1.29 is 14.6 Å². The number of ether oxygens (including phenoxy) is 1. The molecule has 3 nitrogen and oxygen atoms in total. The molecule has 0 saturated heterocycles. The Balaban J connectivity index is 0.000000330. The Bertz CT molecular complexity index is 956. The highest BCUT2D eigenvalue weighted by molar-refractivity contribution is 7.95. The minimum absolute atomic E-state index is 0.0718. The molecule has 0 aromatic heterocycles. The number of rotatable bonds is 5. The Morgan fingerprint density at radius 3 is 1.23 bits per heavy atom. The molecule has 31 heavy (non-hydrogen) atoms. The first-order valence-electron chi connectivity index (χ1n) is 10.0. The fourth-order valence-corrected chi connectivity index (χ4v) is 7.09. The molecule has 0 heterocycles. The van der Waals surface area contributed by atoms with Gasteiger partial charge in [-0.25, -0.2) is 0 Å². The van der Waals surface area contributed by atoms with Crippen molar-refractivity contribution in [3.05, 3.63) is 121 Å². The smallest absolute Gasteiger partial charge is 0.305 e. The van der Waals surface area contributed by atoms with E-state index in [9.17, 15) is 9.90 Å². The number of benzene rings is 4. The molecule has 0 bridgehead atoms. The van der Waals surface area contributed by atoms with Gasteiger partial charge in [0.05, 0.1) is 0 Å². The molecule has 4 rings (SSSR count). The summed E-state index contributed by atoms with van der Waals surface area (Å²) in [6.07, 6.45) is 0.375. The Kier molecular flexibility index (Phi) is 7.98. The van der Waals surface area contributed by atoms with Crippen molar-refractivity contribution in [3.8, 4) is 5.75 Å². The second kappa shape index (κ2) is 11.1. The molecule has 0 aliphatic rings. The van der Waals surface area contributed by atoms with Crippen LogP contribution in [-0.4, -0.2) is 12.3 Å². The molecule has 0 spiro atoms. The highest BCUT2D eigenvalue weighted by Gasteiger charge is 2.46. The van der Waals surface area contributed by atoms with Gasteiger partial charge in [-0.3, -0.25) is 4.79 Å². The number of carbonyl (C=O) groups excluding carboxylic acids is 1. The van der Waals surface area contributed by atoms with E-state index >= 15 is 0 Å². The van der Waals surface area contributed by atoms with Crippen molar-refractivity contribution in [2.45, 2.75) is 6.92 Å². The first-order chi connectivity index (χ1) is 15.1. The van der Waals surface area contributed by atoms with Crippen LogP contribution >= 0.6 is 7.26 Å². The van der Waals surface area contributed by atoms with Gasteiger partial charge in [0.1, 0.15) is 15.9 Å². The molecule has 0 aliphatic carbocycles. The van der Waals surface area contributed by atoms with Crippen molar-refractivity contribution >= 4 is 29.1 Å². The van der Waals surface area contributed by atoms with Crippen LogP contribution in [0, 0.1) is 0 Å². The molecule has 156 valence electrons. The molecular formula is C27H25O3P. The molecule has 0 fully saturated rings. The molecule has 4 heteroatoms. The van der Waals surface area contributed by atoms with Crippen LogP contribution in [0.25, 0.3) is 0 Å². The third kappa shape index (κ3) is 5.81. The lowest BCUT2D eigenvalue weighted by Gasteiger charge is -2.26. The molecule has 0 radical (unpaired) electrons. The van der Waals surface area contributed by atoms with Crippen LogP contribution in [0.4, 0.5) is 0 Å². The summed E-state index contributed by atoms with van der Waals surface area (Å²) in [5, 5.41) is 13.9. The van der Waals surface area contributed by atoms with Gasteiger partial charge < -0.3 is 9.84 Å². The van der Waals surface area contributed by atoms with Gasteiger partial charge in [0.2, 0.25) is 6.35 Å². The van der Waals surface area contributed by atoms with Gasteiger partial charge in [-0.15, -0.1) is 5.75 Å². The summed E-state index contributed by atoms with van der Waals surface area (Å²) in [6, 6.07) is 39.5. The lowest BCUT2D eigenvalue weighted by Crippen LogP contribution is -2.34. The fourth-order valence-electron chi connectivity index (χ4n) is 3.33. The predicted molar refractivity (Wildman–Crippen MR) is 128 cm³/mol. The summed E-state index contributed by atoms with van der Waals surface area (Å²) in [5.41, 5.74) is 0. The highest BCUT2D eigenvalue weighted by atomic mass is 31.2. The number of hydrogen-bond acceptors (Lipinski definition) is 3. The molecule has 0 aliphatic heterocycles. The van der Waals surface area contributed by atoms with Crippen molar-refractivity contribution in [2.75, 3.05) is 6.35 Å². The van der Waals surface area contributed by atoms with E-state index in [0.29, 0.717) is 6.35 Å². The largest absolute Gasteiger partial charge is 0.872 e. The van der Waals surface area contributed by atoms with Gasteiger partial charge in [-0.2, -0.15) is 0 Å². The third-order valence-corrected chi connectivity index (χ3v) is 8.85. The van der Waals surface area contributed by atoms with E-state index in [0.717, 1.165) is 0 Å². The van der Waals surface area contributed by atoms with Crippen LogP contribution in [0.1, 0.15) is 6.92 Å². The molecule has 0 amide bonds. The zero-order valence-corrected chi connectivity index (χ0v) is 18.3. The topological polar surface area (TPSA) is 49.4 Å². The van der Waals surface area contributed by atoms with E-state index in [1.165, 1.54) is 35.0 Å². The average Bonchev–Trinajstić information content (AvgIpc) is 2.82. The van der Waals surface area contributed by atoms with E-state index in [4.69, 9.17) is 4.74 Å². The summed E-state index contributed by atoms with van der Waals surface area (Å²) < 4.78 is 5.58. The van der Waals surface area contributed by atoms with Crippen molar-refractivity contribution in [3.63, 3.8) is 0 Å². The van der Waals surface area contributed by atoms with Crippen molar-refractivity contribution in [2.24, 2.45) is 0 Å². The molecule has 0 saturated carbocycles. The lowest BCUT2D eigenvalue weighted by atomic mass is 10.3. The van der Waals surface area contributed by atoms with Crippen LogP contribution in [-0.2, 0) is 9.53 Å². The summed E-state index contributed by atoms with van der Waals surface area (Å²) in [6.45, 7) is 1.47. The normalized spacial score (nSPS) is 10.5. The number of carbonyl (C=O) groups is 1. The summed E-state index contributed by atoms with van der Waals surface area (Å²) >= 11 is 0. The molecule has 4 aromatic carbocycles. The van der Waals surface area contributed by atoms with Gasteiger partial charge in [0, 0.05) is 6.92 Å². The van der Waals surface area contributed by atoms with Crippen molar-refractivity contribution in [1.29, 1.82) is 0 Å². The predicted octanol–water partition coefficient (Wildman–Crippen LogP) is 4.26. The SMILES string of the molecule is CC(=O)OC[P+](c1ccccc1)(c1ccccc1)c1ccccc1.[O-]c1ccccc1. The van der Waals surface area contributed by atoms with Gasteiger partial charge in [-0.05, 0) is 36.4 Å². The van der Waals surface area contributed by atoms with Crippen LogP contribution < -0.4 is 21.0 Å². The first kappa shape index (κ1) is 22.3. The fraction of sp³-hybridized carbons (Fsp3) is 0.0741. The van der Waals surface area contributed by atoms with Gasteiger partial charge in [-0.1, -0.05) is 84.9 Å². The zero-order valence-electron chi connectivity index (χ0n) is 17.4. The monoisotopic (exact) mass is 428 g/mol. The van der Waals surface area contributed by atoms with Crippen LogP contribution in [0.5, 0.6) is 5.75 Å². The Labute approximate surface area is 184 Å². The van der Waals surface area contributed by atoms with Gasteiger partial charge in [0.15, 0.2) is 7.26 Å². The third-order valence-electron chi connectivity index (χ3n) is 4.80. The van der Waals surface area contributed by atoms with Crippen LogP contribution in [0.2, 0.25) is 0 Å². The second-order valence-corrected chi connectivity index (χ2v) is 10.3. The Hall–Kier alpha value is -3.42. The standard InChI is InChI=1S/C21H20O2P.C6H6O/c1-18(22)23-17-24(19-11-5-2-6-12-19,20-13-7-3-8-14-20)21-15-9-4-10-16-21;7-6-4-2-1-3-5-6/h2-16H,17H2,1H3;1-5,7H/q+1;/p-1. The summed E-state index contributed by atoms with van der Waals surface area (Å²) in [5.74, 6) is -0.176. The van der Waals surface area contributed by atoms with E-state index < -0.39 is 7.26 Å². The first-order valence-corrected chi connectivity index (χ1v) is 12.0. The number of para-hydroxylation sites is 1. The van der Waals surface area contributed by atoms with Gasteiger partial charge >= 0.3 is 5.97 Å². The Morgan fingerprint density at radius 2 is 0.968 bits per heavy atom. The van der Waals surface area contributed by atoms with Crippen LogP contribution in [0.15, 0.2) is 121 Å². The second-order valence-electron chi connectivity index (χ2n) is 6.89. The molecule has 0 N–H and O–H groups in total. The van der Waals surface area contributed by atoms with E-state index in [2.05, 4.69) is 36.4 Å². The maximum atomic E-state index is 11.6. The molecule has 0 unspecified atom stereocenters. The zero-order chi connectivity index (χ0) is 21.9. The summed E-state index contributed by atoms with van der Waals surface area (Å²) in [7, 11) is -2.05. The Morgan fingerprint density at radius 1 is 0.645 bits per heavy atom. The molecular weight excluding hydrogens is 403 g/mol. The van der Waals surface area contributed by atoms with Crippen molar-refractivity contribution in [1.82, 2.24) is 0 Å². The summed E-state index contributed by atoms with van der Waals surface area (Å²) in [4.78, 5) is 11.6. The number of hydrogen-bond donors (Lipinski definition) is 0.